The largest absolute Gasteiger partial charge is 0.350 e. The summed E-state index contributed by atoms with van der Waals surface area (Å²) in [4.78, 5) is 11.0. The van der Waals surface area contributed by atoms with Gasteiger partial charge in [-0.05, 0) is 50.0 Å². The highest BCUT2D eigenvalue weighted by Gasteiger charge is 2.36. The molecule has 2 heteroatoms. The predicted octanol–water partition coefficient (Wildman–Crippen LogP) is 1.87. The van der Waals surface area contributed by atoms with Crippen LogP contribution in [0.2, 0.25) is 0 Å². The van der Waals surface area contributed by atoms with Gasteiger partial charge in [0.2, 0.25) is 5.91 Å². The van der Waals surface area contributed by atoms with Gasteiger partial charge in [0.05, 0.1) is 0 Å². The van der Waals surface area contributed by atoms with Gasteiger partial charge in [-0.25, -0.2) is 0 Å². The lowest BCUT2D eigenvalue weighted by Gasteiger charge is -2.11. The van der Waals surface area contributed by atoms with E-state index in [4.69, 9.17) is 0 Å². The van der Waals surface area contributed by atoms with Gasteiger partial charge >= 0.3 is 0 Å². The number of rotatable bonds is 3. The highest BCUT2D eigenvalue weighted by atomic mass is 16.1. The summed E-state index contributed by atoms with van der Waals surface area (Å²) in [7, 11) is 0. The number of amides is 1. The Labute approximate surface area is 79.4 Å². The zero-order valence-electron chi connectivity index (χ0n) is 7.96. The zero-order chi connectivity index (χ0) is 9.26. The Morgan fingerprint density at radius 3 is 2.54 bits per heavy atom. The zero-order valence-corrected chi connectivity index (χ0v) is 7.96. The van der Waals surface area contributed by atoms with Crippen molar-refractivity contribution in [1.82, 2.24) is 5.32 Å². The molecule has 2 atom stereocenters. The smallest absolute Gasteiger partial charge is 0.243 e. The third-order valence-corrected chi connectivity index (χ3v) is 3.29. The molecule has 2 nitrogen and oxygen atoms in total. The van der Waals surface area contributed by atoms with E-state index in [1.807, 2.05) is 0 Å². The maximum Gasteiger partial charge on any atom is 0.243 e. The molecular weight excluding hydrogens is 162 g/mol. The van der Waals surface area contributed by atoms with Crippen molar-refractivity contribution < 1.29 is 4.79 Å². The van der Waals surface area contributed by atoms with Crippen molar-refractivity contribution in [2.45, 2.75) is 38.1 Å². The van der Waals surface area contributed by atoms with Gasteiger partial charge in [0.1, 0.15) is 0 Å². The van der Waals surface area contributed by atoms with Crippen LogP contribution in [0.5, 0.6) is 0 Å². The summed E-state index contributed by atoms with van der Waals surface area (Å²) >= 11 is 0. The monoisotopic (exact) mass is 179 g/mol. The fourth-order valence-corrected chi connectivity index (χ4v) is 2.40. The van der Waals surface area contributed by atoms with Crippen LogP contribution in [0.1, 0.15) is 32.1 Å². The van der Waals surface area contributed by atoms with E-state index in [2.05, 4.69) is 11.9 Å². The third kappa shape index (κ3) is 2.11. The van der Waals surface area contributed by atoms with Crippen molar-refractivity contribution >= 4 is 5.91 Å². The summed E-state index contributed by atoms with van der Waals surface area (Å²) in [5, 5.41) is 2.98. The molecule has 72 valence electrons. The van der Waals surface area contributed by atoms with Crippen LogP contribution < -0.4 is 5.32 Å². The van der Waals surface area contributed by atoms with E-state index >= 15 is 0 Å². The molecule has 0 bridgehead atoms. The van der Waals surface area contributed by atoms with Gasteiger partial charge in [0, 0.05) is 6.04 Å². The van der Waals surface area contributed by atoms with Gasteiger partial charge in [-0.3, -0.25) is 4.79 Å². The van der Waals surface area contributed by atoms with Gasteiger partial charge in [0.15, 0.2) is 0 Å². The van der Waals surface area contributed by atoms with Crippen molar-refractivity contribution in [1.29, 1.82) is 0 Å². The molecule has 0 aromatic carbocycles. The fourth-order valence-electron chi connectivity index (χ4n) is 2.40. The molecule has 1 N–H and O–H groups in total. The molecule has 1 amide bonds. The molecule has 2 saturated carbocycles. The Kier molecular flexibility index (Phi) is 2.38. The molecule has 0 heterocycles. The Morgan fingerprint density at radius 1 is 1.23 bits per heavy atom. The number of hydrogen-bond donors (Lipinski definition) is 1. The number of hydrogen-bond acceptors (Lipinski definition) is 1. The van der Waals surface area contributed by atoms with Gasteiger partial charge in [0.25, 0.3) is 0 Å². The van der Waals surface area contributed by atoms with Crippen molar-refractivity contribution in [3.63, 3.8) is 0 Å². The number of carbonyl (C=O) groups is 1. The molecule has 2 unspecified atom stereocenters. The quantitative estimate of drug-likeness (QED) is 0.658. The summed E-state index contributed by atoms with van der Waals surface area (Å²) in [6, 6.07) is 0.427. The Morgan fingerprint density at radius 2 is 1.92 bits per heavy atom. The molecular formula is C11H17NO. The molecule has 0 aromatic rings. The second-order valence-electron chi connectivity index (χ2n) is 4.32. The SMILES string of the molecule is C=CC(=O)NC1CCC(C2CC2)C1. The first-order chi connectivity index (χ1) is 6.29. The Balaban J connectivity index is 1.76. The van der Waals surface area contributed by atoms with Crippen LogP contribution >= 0.6 is 0 Å². The average molecular weight is 179 g/mol. The first-order valence-corrected chi connectivity index (χ1v) is 5.22. The maximum absolute atomic E-state index is 11.0. The van der Waals surface area contributed by atoms with Crippen LogP contribution in [0.4, 0.5) is 0 Å². The minimum atomic E-state index is -0.0125. The lowest BCUT2D eigenvalue weighted by atomic mass is 10.0. The van der Waals surface area contributed by atoms with Crippen LogP contribution in [-0.4, -0.2) is 11.9 Å². The normalized spacial score (nSPS) is 32.9. The van der Waals surface area contributed by atoms with Gasteiger partial charge in [-0.15, -0.1) is 0 Å². The topological polar surface area (TPSA) is 29.1 Å². The van der Waals surface area contributed by atoms with Gasteiger partial charge < -0.3 is 5.32 Å². The molecule has 0 aromatic heterocycles. The fraction of sp³-hybridized carbons (Fsp3) is 0.727. The van der Waals surface area contributed by atoms with Crippen molar-refractivity contribution in [2.75, 3.05) is 0 Å². The molecule has 0 radical (unpaired) electrons. The van der Waals surface area contributed by atoms with E-state index < -0.39 is 0 Å². The lowest BCUT2D eigenvalue weighted by molar-refractivity contribution is -0.117. The first-order valence-electron chi connectivity index (χ1n) is 5.22. The summed E-state index contributed by atoms with van der Waals surface area (Å²) < 4.78 is 0. The van der Waals surface area contributed by atoms with Crippen molar-refractivity contribution in [2.24, 2.45) is 11.8 Å². The standard InChI is InChI=1S/C11H17NO/c1-2-11(13)12-10-6-5-9(7-10)8-3-4-8/h2,8-10H,1,3-7H2,(H,12,13). The van der Waals surface area contributed by atoms with E-state index in [0.29, 0.717) is 6.04 Å². The summed E-state index contributed by atoms with van der Waals surface area (Å²) in [6.45, 7) is 3.46. The molecule has 13 heavy (non-hydrogen) atoms. The van der Waals surface area contributed by atoms with E-state index in [1.165, 1.54) is 38.2 Å². The highest BCUT2D eigenvalue weighted by Crippen LogP contribution is 2.44. The molecule has 2 rings (SSSR count). The second kappa shape index (κ2) is 3.52. The molecule has 0 saturated heterocycles. The number of nitrogens with one attached hydrogen (secondary N) is 1. The second-order valence-corrected chi connectivity index (χ2v) is 4.32. The molecule has 0 aliphatic heterocycles. The predicted molar refractivity (Wildman–Crippen MR) is 52.2 cm³/mol. The highest BCUT2D eigenvalue weighted by molar-refractivity contribution is 5.87. The molecule has 2 aliphatic rings. The van der Waals surface area contributed by atoms with E-state index in [1.54, 1.807) is 0 Å². The van der Waals surface area contributed by atoms with Crippen molar-refractivity contribution in [3.05, 3.63) is 12.7 Å². The molecule has 2 aliphatic carbocycles. The number of carbonyl (C=O) groups excluding carboxylic acids is 1. The van der Waals surface area contributed by atoms with Gasteiger partial charge in [-0.2, -0.15) is 0 Å². The summed E-state index contributed by atoms with van der Waals surface area (Å²) in [5.41, 5.74) is 0. The first kappa shape index (κ1) is 8.79. The minimum Gasteiger partial charge on any atom is -0.350 e. The maximum atomic E-state index is 11.0. The van der Waals surface area contributed by atoms with E-state index in [-0.39, 0.29) is 5.91 Å². The molecule has 0 spiro atoms. The third-order valence-electron chi connectivity index (χ3n) is 3.29. The van der Waals surface area contributed by atoms with Crippen LogP contribution in [0, 0.1) is 11.8 Å². The van der Waals surface area contributed by atoms with Gasteiger partial charge in [-0.1, -0.05) is 6.58 Å². The van der Waals surface area contributed by atoms with E-state index in [9.17, 15) is 4.79 Å². The van der Waals surface area contributed by atoms with Crippen LogP contribution in [0.15, 0.2) is 12.7 Å². The average Bonchev–Trinajstić information content (AvgIpc) is 2.88. The van der Waals surface area contributed by atoms with Crippen LogP contribution in [0.3, 0.4) is 0 Å². The lowest BCUT2D eigenvalue weighted by Crippen LogP contribution is -2.31. The summed E-state index contributed by atoms with van der Waals surface area (Å²) in [5.74, 6) is 1.88. The molecule has 2 fully saturated rings. The van der Waals surface area contributed by atoms with E-state index in [0.717, 1.165) is 11.8 Å². The van der Waals surface area contributed by atoms with Crippen LogP contribution in [0.25, 0.3) is 0 Å². The minimum absolute atomic E-state index is 0.0125. The Hall–Kier alpha value is -0.790. The Bertz CT molecular complexity index is 220. The van der Waals surface area contributed by atoms with Crippen molar-refractivity contribution in [3.8, 4) is 0 Å². The summed E-state index contributed by atoms with van der Waals surface area (Å²) in [6.07, 6.45) is 7.89. The van der Waals surface area contributed by atoms with Crippen LogP contribution in [-0.2, 0) is 4.79 Å².